The van der Waals surface area contributed by atoms with Gasteiger partial charge < -0.3 is 9.84 Å². The smallest absolute Gasteiger partial charge is 0.124 e. The van der Waals surface area contributed by atoms with Crippen molar-refractivity contribution in [3.05, 3.63) is 65.7 Å². The second-order valence-corrected chi connectivity index (χ2v) is 6.03. The van der Waals surface area contributed by atoms with E-state index < -0.39 is 0 Å². The molecule has 1 N–H and O–H groups in total. The van der Waals surface area contributed by atoms with Crippen LogP contribution in [0.5, 0.6) is 5.75 Å². The molecule has 0 unspecified atom stereocenters. The Morgan fingerprint density at radius 1 is 1.09 bits per heavy atom. The Morgan fingerprint density at radius 3 is 2.45 bits per heavy atom. The highest BCUT2D eigenvalue weighted by Gasteiger charge is 2.28. The number of likely N-dealkylation sites (tertiary alicyclic amines) is 1. The second kappa shape index (κ2) is 6.95. The summed E-state index contributed by atoms with van der Waals surface area (Å²) < 4.78 is 5.92. The fourth-order valence-electron chi connectivity index (χ4n) is 2.74. The van der Waals surface area contributed by atoms with Gasteiger partial charge in [0.05, 0.1) is 6.10 Å². The number of aliphatic hydroxyl groups is 1. The molecule has 1 aliphatic rings. The zero-order valence-electron chi connectivity index (χ0n) is 13.0. The van der Waals surface area contributed by atoms with Gasteiger partial charge in [0.15, 0.2) is 0 Å². The number of aliphatic hydroxyl groups excluding tert-OH is 1. The molecule has 0 saturated carbocycles. The van der Waals surface area contributed by atoms with Gasteiger partial charge in [0.25, 0.3) is 0 Å². The molecule has 1 heterocycles. The third-order valence-corrected chi connectivity index (χ3v) is 4.15. The average molecular weight is 297 g/mol. The molecule has 0 aromatic heterocycles. The molecule has 3 heteroatoms. The zero-order chi connectivity index (χ0) is 15.4. The van der Waals surface area contributed by atoms with Crippen LogP contribution in [-0.4, -0.2) is 35.7 Å². The van der Waals surface area contributed by atoms with Crippen molar-refractivity contribution in [3.8, 4) is 5.75 Å². The summed E-state index contributed by atoms with van der Waals surface area (Å²) >= 11 is 0. The Bertz CT molecular complexity index is 576. The normalized spacial score (nSPS) is 17.0. The quantitative estimate of drug-likeness (QED) is 0.889. The molecule has 22 heavy (non-hydrogen) atoms. The third-order valence-electron chi connectivity index (χ3n) is 4.15. The maximum absolute atomic E-state index is 10.2. The van der Waals surface area contributed by atoms with Crippen molar-refractivity contribution in [1.29, 1.82) is 0 Å². The van der Waals surface area contributed by atoms with Crippen LogP contribution in [-0.2, 0) is 0 Å². The van der Waals surface area contributed by atoms with Gasteiger partial charge in [-0.3, -0.25) is 4.90 Å². The molecule has 0 spiro atoms. The summed E-state index contributed by atoms with van der Waals surface area (Å²) in [5.41, 5.74) is 2.24. The Kier molecular flexibility index (Phi) is 4.76. The lowest BCUT2D eigenvalue weighted by Gasteiger charge is -2.39. The summed E-state index contributed by atoms with van der Waals surface area (Å²) in [6, 6.07) is 18.0. The summed E-state index contributed by atoms with van der Waals surface area (Å²) in [5.74, 6) is 0.944. The van der Waals surface area contributed by atoms with E-state index in [2.05, 4.69) is 24.0 Å². The minimum atomic E-state index is -0.377. The van der Waals surface area contributed by atoms with E-state index in [0.29, 0.717) is 0 Å². The highest BCUT2D eigenvalue weighted by Crippen LogP contribution is 2.21. The molecule has 1 aliphatic heterocycles. The third kappa shape index (κ3) is 3.87. The van der Waals surface area contributed by atoms with Gasteiger partial charge in [0.1, 0.15) is 11.9 Å². The molecule has 1 saturated heterocycles. The maximum Gasteiger partial charge on any atom is 0.124 e. The first kappa shape index (κ1) is 15.1. The van der Waals surface area contributed by atoms with Crippen molar-refractivity contribution in [1.82, 2.24) is 4.90 Å². The molecule has 3 nitrogen and oxygen atoms in total. The average Bonchev–Trinajstić information content (AvgIpc) is 2.52. The van der Waals surface area contributed by atoms with E-state index in [4.69, 9.17) is 4.74 Å². The summed E-state index contributed by atoms with van der Waals surface area (Å²) in [6.45, 7) is 4.86. The van der Waals surface area contributed by atoms with Gasteiger partial charge in [-0.25, -0.2) is 0 Å². The number of benzene rings is 2. The molecular formula is C19H23NO2. The van der Waals surface area contributed by atoms with Gasteiger partial charge in [0, 0.05) is 19.6 Å². The van der Waals surface area contributed by atoms with E-state index in [1.54, 1.807) is 0 Å². The molecule has 0 aliphatic carbocycles. The topological polar surface area (TPSA) is 32.7 Å². The highest BCUT2D eigenvalue weighted by atomic mass is 16.5. The van der Waals surface area contributed by atoms with Gasteiger partial charge in [-0.2, -0.15) is 0 Å². The number of hydrogen-bond donors (Lipinski definition) is 1. The largest absolute Gasteiger partial charge is 0.488 e. The standard InChI is InChI=1S/C19H23NO2/c1-15-7-9-17(10-8-15)22-18-13-20(14-18)12-11-19(21)16-5-3-2-4-6-16/h2-10,18-19,21H,11-14H2,1H3/t19-/m0/s1. The van der Waals surface area contributed by atoms with Crippen molar-refractivity contribution in [2.75, 3.05) is 19.6 Å². The first-order valence-corrected chi connectivity index (χ1v) is 7.89. The molecule has 0 amide bonds. The molecule has 2 aromatic carbocycles. The van der Waals surface area contributed by atoms with E-state index in [-0.39, 0.29) is 12.2 Å². The van der Waals surface area contributed by atoms with Gasteiger partial charge in [-0.1, -0.05) is 48.0 Å². The lowest BCUT2D eigenvalue weighted by molar-refractivity contribution is 0.0105. The maximum atomic E-state index is 10.2. The SMILES string of the molecule is Cc1ccc(OC2CN(CC[C@H](O)c3ccccc3)C2)cc1. The Hall–Kier alpha value is -1.84. The Labute approximate surface area is 132 Å². The van der Waals surface area contributed by atoms with E-state index in [9.17, 15) is 5.11 Å². The Morgan fingerprint density at radius 2 is 1.77 bits per heavy atom. The summed E-state index contributed by atoms with van der Waals surface area (Å²) in [7, 11) is 0. The summed E-state index contributed by atoms with van der Waals surface area (Å²) in [4.78, 5) is 2.32. The molecule has 1 atom stereocenters. The number of ether oxygens (including phenoxy) is 1. The highest BCUT2D eigenvalue weighted by molar-refractivity contribution is 5.26. The van der Waals surface area contributed by atoms with E-state index in [1.807, 2.05) is 42.5 Å². The molecule has 2 aromatic rings. The first-order valence-electron chi connectivity index (χ1n) is 7.89. The van der Waals surface area contributed by atoms with Crippen LogP contribution in [0.1, 0.15) is 23.7 Å². The fourth-order valence-corrected chi connectivity index (χ4v) is 2.74. The number of nitrogens with zero attached hydrogens (tertiary/aromatic N) is 1. The monoisotopic (exact) mass is 297 g/mol. The minimum absolute atomic E-state index is 0.275. The van der Waals surface area contributed by atoms with E-state index >= 15 is 0 Å². The van der Waals surface area contributed by atoms with Crippen LogP contribution in [0.25, 0.3) is 0 Å². The predicted octanol–water partition coefficient (Wildman–Crippen LogP) is 3.18. The van der Waals surface area contributed by atoms with Crippen LogP contribution >= 0.6 is 0 Å². The van der Waals surface area contributed by atoms with Crippen LogP contribution < -0.4 is 4.74 Å². The lowest BCUT2D eigenvalue weighted by Crippen LogP contribution is -2.54. The lowest BCUT2D eigenvalue weighted by atomic mass is 10.0. The van der Waals surface area contributed by atoms with Crippen molar-refractivity contribution >= 4 is 0 Å². The predicted molar refractivity (Wildman–Crippen MR) is 88.1 cm³/mol. The van der Waals surface area contributed by atoms with Crippen LogP contribution in [0.4, 0.5) is 0 Å². The fraction of sp³-hybridized carbons (Fsp3) is 0.368. The van der Waals surface area contributed by atoms with Crippen LogP contribution in [0.2, 0.25) is 0 Å². The Balaban J connectivity index is 1.38. The molecule has 3 rings (SSSR count). The number of hydrogen-bond acceptors (Lipinski definition) is 3. The van der Waals surface area contributed by atoms with Crippen LogP contribution in [0.3, 0.4) is 0 Å². The number of aryl methyl sites for hydroxylation is 1. The van der Waals surface area contributed by atoms with Crippen molar-refractivity contribution in [3.63, 3.8) is 0 Å². The summed E-state index contributed by atoms with van der Waals surface area (Å²) in [6.07, 6.45) is 0.663. The molecule has 0 radical (unpaired) electrons. The zero-order valence-corrected chi connectivity index (χ0v) is 13.0. The van der Waals surface area contributed by atoms with Crippen LogP contribution in [0.15, 0.2) is 54.6 Å². The van der Waals surface area contributed by atoms with Crippen molar-refractivity contribution < 1.29 is 9.84 Å². The summed E-state index contributed by atoms with van der Waals surface area (Å²) in [5, 5.41) is 10.2. The van der Waals surface area contributed by atoms with E-state index in [1.165, 1.54) is 5.56 Å². The van der Waals surface area contributed by atoms with Crippen molar-refractivity contribution in [2.45, 2.75) is 25.6 Å². The van der Waals surface area contributed by atoms with Gasteiger partial charge in [0.2, 0.25) is 0 Å². The molecule has 116 valence electrons. The van der Waals surface area contributed by atoms with Crippen molar-refractivity contribution in [2.24, 2.45) is 0 Å². The molecule has 1 fully saturated rings. The van der Waals surface area contributed by atoms with Gasteiger partial charge in [-0.15, -0.1) is 0 Å². The molecule has 0 bridgehead atoms. The number of rotatable bonds is 6. The van der Waals surface area contributed by atoms with Gasteiger partial charge >= 0.3 is 0 Å². The minimum Gasteiger partial charge on any atom is -0.488 e. The first-order chi connectivity index (χ1) is 10.7. The van der Waals surface area contributed by atoms with Crippen LogP contribution in [0, 0.1) is 6.92 Å². The second-order valence-electron chi connectivity index (χ2n) is 6.03. The molecular weight excluding hydrogens is 274 g/mol. The van der Waals surface area contributed by atoms with Gasteiger partial charge in [-0.05, 0) is 31.0 Å². The van der Waals surface area contributed by atoms with E-state index in [0.717, 1.165) is 37.4 Å².